The standard InChI is InChI=1S/C23H22F3N5O4/c1-12-4-5-15(35-7-6-34-13(2)32)10-18(12)28-21-29-23(33)30(3)22-27-11-19(31(21)22)14-8-16(24)20(26)17(25)9-14/h4-5,8-10,19H,6-7,11H2,1-3H3,(H,28,29,33). The molecule has 2 aromatic carbocycles. The number of nitrogens with one attached hydrogen (secondary N) is 1. The fraction of sp³-hybridized carbons (Fsp3) is 0.304. The number of nitrogens with zero attached hydrogens (tertiary/aromatic N) is 4. The smallest absolute Gasteiger partial charge is 0.353 e. The molecule has 0 saturated carbocycles. The van der Waals surface area contributed by atoms with Crippen molar-refractivity contribution in [2.45, 2.75) is 19.9 Å². The third-order valence-electron chi connectivity index (χ3n) is 5.45. The first kappa shape index (κ1) is 24.0. The number of carbonyl (C=O) groups excluding carboxylic acids is 2. The van der Waals surface area contributed by atoms with E-state index in [0.717, 1.165) is 17.7 Å². The van der Waals surface area contributed by atoms with Crippen LogP contribution in [-0.4, -0.2) is 60.5 Å². The van der Waals surface area contributed by atoms with Crippen molar-refractivity contribution in [1.29, 1.82) is 0 Å². The molecule has 0 saturated heterocycles. The number of hydrogen-bond donors (Lipinski definition) is 1. The molecule has 0 spiro atoms. The zero-order valence-electron chi connectivity index (χ0n) is 19.1. The highest BCUT2D eigenvalue weighted by molar-refractivity contribution is 6.17. The van der Waals surface area contributed by atoms with Gasteiger partial charge in [0.15, 0.2) is 17.5 Å². The zero-order valence-corrected chi connectivity index (χ0v) is 19.1. The third-order valence-corrected chi connectivity index (χ3v) is 5.45. The van der Waals surface area contributed by atoms with Crippen LogP contribution in [0.15, 0.2) is 40.3 Å². The molecule has 0 aromatic heterocycles. The molecule has 0 radical (unpaired) electrons. The summed E-state index contributed by atoms with van der Waals surface area (Å²) in [6.45, 7) is 3.41. The topological polar surface area (TPSA) is 95.8 Å². The van der Waals surface area contributed by atoms with E-state index in [-0.39, 0.29) is 37.2 Å². The molecule has 2 aromatic rings. The second-order valence-electron chi connectivity index (χ2n) is 7.89. The summed E-state index contributed by atoms with van der Waals surface area (Å²) in [6, 6.07) is 5.66. The average Bonchev–Trinajstić information content (AvgIpc) is 3.26. The van der Waals surface area contributed by atoms with Crippen LogP contribution in [0.25, 0.3) is 0 Å². The number of rotatable bonds is 6. The van der Waals surface area contributed by atoms with Gasteiger partial charge in [0.05, 0.1) is 12.6 Å². The normalized spacial score (nSPS) is 17.1. The maximum Gasteiger partial charge on any atom is 0.353 e. The molecule has 4 rings (SSSR count). The van der Waals surface area contributed by atoms with E-state index in [1.807, 2.05) is 6.92 Å². The fourth-order valence-corrected chi connectivity index (χ4v) is 3.68. The first-order chi connectivity index (χ1) is 16.7. The van der Waals surface area contributed by atoms with E-state index in [1.165, 1.54) is 23.8 Å². The largest absolute Gasteiger partial charge is 0.490 e. The Kier molecular flexibility index (Phi) is 6.63. The van der Waals surface area contributed by atoms with E-state index in [9.17, 15) is 22.8 Å². The third kappa shape index (κ3) is 4.91. The van der Waals surface area contributed by atoms with Crippen molar-refractivity contribution in [3.8, 4) is 5.75 Å². The SMILES string of the molecule is CC(=O)OCCOc1ccc(C)c(NC2=NC(=O)N(C)C3=NCC(c4cc(F)c(F)c(F)c4)N23)c1. The summed E-state index contributed by atoms with van der Waals surface area (Å²) in [5.41, 5.74) is 1.48. The minimum Gasteiger partial charge on any atom is -0.490 e. The number of carbonyl (C=O) groups is 2. The quantitative estimate of drug-likeness (QED) is 0.379. The van der Waals surface area contributed by atoms with Gasteiger partial charge in [0, 0.05) is 25.7 Å². The summed E-state index contributed by atoms with van der Waals surface area (Å²) < 4.78 is 51.9. The lowest BCUT2D eigenvalue weighted by Gasteiger charge is -2.35. The number of ether oxygens (including phenoxy) is 2. The van der Waals surface area contributed by atoms with Crippen LogP contribution in [0.2, 0.25) is 0 Å². The maximum atomic E-state index is 13.9. The van der Waals surface area contributed by atoms with Gasteiger partial charge in [-0.1, -0.05) is 6.07 Å². The molecular formula is C23H22F3N5O4. The fourth-order valence-electron chi connectivity index (χ4n) is 3.68. The van der Waals surface area contributed by atoms with E-state index in [1.54, 1.807) is 18.2 Å². The zero-order chi connectivity index (χ0) is 25.3. The first-order valence-corrected chi connectivity index (χ1v) is 10.6. The summed E-state index contributed by atoms with van der Waals surface area (Å²) in [5, 5.41) is 3.08. The van der Waals surface area contributed by atoms with E-state index in [0.29, 0.717) is 11.4 Å². The van der Waals surface area contributed by atoms with E-state index in [4.69, 9.17) is 9.47 Å². The molecule has 184 valence electrons. The summed E-state index contributed by atoms with van der Waals surface area (Å²) in [5.74, 6) is -3.84. The maximum absolute atomic E-state index is 13.9. The predicted octanol–water partition coefficient (Wildman–Crippen LogP) is 3.60. The monoisotopic (exact) mass is 489 g/mol. The molecule has 1 N–H and O–H groups in total. The summed E-state index contributed by atoms with van der Waals surface area (Å²) in [6.07, 6.45) is 0. The van der Waals surface area contributed by atoms with Crippen LogP contribution >= 0.6 is 0 Å². The number of urea groups is 1. The Morgan fingerprint density at radius 3 is 2.57 bits per heavy atom. The number of guanidine groups is 2. The highest BCUT2D eigenvalue weighted by atomic mass is 19.2. The molecule has 0 aliphatic carbocycles. The number of benzene rings is 2. The predicted molar refractivity (Wildman–Crippen MR) is 121 cm³/mol. The van der Waals surface area contributed by atoms with Crippen molar-refractivity contribution in [2.24, 2.45) is 9.98 Å². The molecule has 2 aliphatic rings. The van der Waals surface area contributed by atoms with Crippen molar-refractivity contribution in [2.75, 3.05) is 32.1 Å². The number of anilines is 1. The number of hydrogen-bond acceptors (Lipinski definition) is 7. The summed E-state index contributed by atoms with van der Waals surface area (Å²) in [4.78, 5) is 34.5. The highest BCUT2D eigenvalue weighted by Gasteiger charge is 2.41. The van der Waals surface area contributed by atoms with Gasteiger partial charge in [-0.05, 0) is 36.2 Å². The van der Waals surface area contributed by atoms with Gasteiger partial charge >= 0.3 is 12.0 Å². The van der Waals surface area contributed by atoms with Gasteiger partial charge < -0.3 is 14.8 Å². The van der Waals surface area contributed by atoms with Crippen LogP contribution in [0.5, 0.6) is 5.75 Å². The van der Waals surface area contributed by atoms with Crippen molar-refractivity contribution >= 4 is 29.6 Å². The molecule has 2 amide bonds. The minimum atomic E-state index is -1.56. The number of fused-ring (bicyclic) bond motifs is 1. The van der Waals surface area contributed by atoms with Gasteiger partial charge in [-0.3, -0.25) is 14.6 Å². The Morgan fingerprint density at radius 1 is 1.17 bits per heavy atom. The van der Waals surface area contributed by atoms with Gasteiger partial charge in [-0.15, -0.1) is 0 Å². The van der Waals surface area contributed by atoms with Crippen LogP contribution in [-0.2, 0) is 9.53 Å². The second-order valence-corrected chi connectivity index (χ2v) is 7.89. The van der Waals surface area contributed by atoms with Gasteiger partial charge in [0.25, 0.3) is 0 Å². The van der Waals surface area contributed by atoms with E-state index >= 15 is 0 Å². The van der Waals surface area contributed by atoms with Crippen molar-refractivity contribution in [3.63, 3.8) is 0 Å². The molecule has 2 aliphatic heterocycles. The van der Waals surface area contributed by atoms with E-state index in [2.05, 4.69) is 15.3 Å². The lowest BCUT2D eigenvalue weighted by atomic mass is 10.1. The Hall–Kier alpha value is -4.09. The van der Waals surface area contributed by atoms with Gasteiger partial charge in [0.2, 0.25) is 11.9 Å². The van der Waals surface area contributed by atoms with Gasteiger partial charge in [-0.25, -0.2) is 23.0 Å². The lowest BCUT2D eigenvalue weighted by Crippen LogP contribution is -2.53. The summed E-state index contributed by atoms with van der Waals surface area (Å²) >= 11 is 0. The Bertz CT molecular complexity index is 1230. The Balaban J connectivity index is 1.62. The molecule has 35 heavy (non-hydrogen) atoms. The molecule has 9 nitrogen and oxygen atoms in total. The highest BCUT2D eigenvalue weighted by Crippen LogP contribution is 2.33. The lowest BCUT2D eigenvalue weighted by molar-refractivity contribution is -0.141. The molecule has 0 fully saturated rings. The van der Waals surface area contributed by atoms with Crippen molar-refractivity contribution in [3.05, 3.63) is 58.9 Å². The van der Waals surface area contributed by atoms with Crippen LogP contribution in [0.1, 0.15) is 24.1 Å². The molecule has 2 heterocycles. The molecule has 0 bridgehead atoms. The molecule has 12 heteroatoms. The van der Waals surface area contributed by atoms with Crippen LogP contribution < -0.4 is 10.1 Å². The van der Waals surface area contributed by atoms with Crippen LogP contribution in [0, 0.1) is 24.4 Å². The summed E-state index contributed by atoms with van der Waals surface area (Å²) in [7, 11) is 1.48. The van der Waals surface area contributed by atoms with Crippen molar-refractivity contribution in [1.82, 2.24) is 9.80 Å². The number of amides is 2. The number of halogens is 3. The number of esters is 1. The first-order valence-electron chi connectivity index (χ1n) is 10.6. The Morgan fingerprint density at radius 2 is 1.89 bits per heavy atom. The van der Waals surface area contributed by atoms with Gasteiger partial charge in [0.1, 0.15) is 19.0 Å². The minimum absolute atomic E-state index is 0.0659. The van der Waals surface area contributed by atoms with E-state index < -0.39 is 35.5 Å². The molecule has 1 unspecified atom stereocenters. The molecule has 1 atom stereocenters. The number of aliphatic imine (C=N–C) groups is 2. The van der Waals surface area contributed by atoms with Crippen molar-refractivity contribution < 1.29 is 32.2 Å². The number of aryl methyl sites for hydroxylation is 1. The second kappa shape index (κ2) is 9.65. The van der Waals surface area contributed by atoms with Crippen LogP contribution in [0.3, 0.4) is 0 Å². The molecular weight excluding hydrogens is 467 g/mol. The Labute approximate surface area is 198 Å². The van der Waals surface area contributed by atoms with Crippen LogP contribution in [0.4, 0.5) is 23.7 Å². The van der Waals surface area contributed by atoms with Gasteiger partial charge in [-0.2, -0.15) is 4.99 Å². The average molecular weight is 489 g/mol.